The van der Waals surface area contributed by atoms with Gasteiger partial charge in [-0.2, -0.15) is 0 Å². The summed E-state index contributed by atoms with van der Waals surface area (Å²) >= 11 is 0. The van der Waals surface area contributed by atoms with E-state index in [1.807, 2.05) is 0 Å². The fourth-order valence-electron chi connectivity index (χ4n) is 3.24. The molecule has 5 heteroatoms. The molecular formula is C16H23N3O2. The van der Waals surface area contributed by atoms with Gasteiger partial charge < -0.3 is 15.8 Å². The summed E-state index contributed by atoms with van der Waals surface area (Å²) in [4.78, 5) is 13.7. The van der Waals surface area contributed by atoms with Gasteiger partial charge in [-0.25, -0.2) is 0 Å². The van der Waals surface area contributed by atoms with Crippen LogP contribution in [0.4, 0.5) is 0 Å². The highest BCUT2D eigenvalue weighted by molar-refractivity contribution is 5.80. The van der Waals surface area contributed by atoms with Gasteiger partial charge in [0.25, 0.3) is 0 Å². The van der Waals surface area contributed by atoms with Crippen molar-refractivity contribution in [3.63, 3.8) is 0 Å². The molecule has 114 valence electrons. The molecule has 1 atom stereocenters. The van der Waals surface area contributed by atoms with Gasteiger partial charge in [-0.3, -0.25) is 9.69 Å². The maximum absolute atomic E-state index is 11.6. The number of hydrogen-bond acceptors (Lipinski definition) is 4. The first kappa shape index (κ1) is 14.4. The maximum atomic E-state index is 11.6. The summed E-state index contributed by atoms with van der Waals surface area (Å²) in [5.74, 6) is 0.722. The zero-order chi connectivity index (χ0) is 15.0. The second kappa shape index (κ2) is 5.31. The highest BCUT2D eigenvalue weighted by Crippen LogP contribution is 2.38. The minimum Gasteiger partial charge on any atom is -0.487 e. The molecule has 0 spiro atoms. The van der Waals surface area contributed by atoms with Gasteiger partial charge in [0.2, 0.25) is 5.91 Å². The van der Waals surface area contributed by atoms with Crippen LogP contribution in [0.3, 0.4) is 0 Å². The predicted octanol–water partition coefficient (Wildman–Crippen LogP) is 0.659. The molecule has 1 fully saturated rings. The molecule has 1 aromatic carbocycles. The van der Waals surface area contributed by atoms with Crippen molar-refractivity contribution >= 4 is 5.91 Å². The van der Waals surface area contributed by atoms with Crippen LogP contribution < -0.4 is 15.8 Å². The van der Waals surface area contributed by atoms with E-state index in [0.717, 1.165) is 30.8 Å². The molecule has 0 bridgehead atoms. The molecule has 21 heavy (non-hydrogen) atoms. The Morgan fingerprint density at radius 1 is 1.52 bits per heavy atom. The molecule has 2 heterocycles. The van der Waals surface area contributed by atoms with E-state index in [1.165, 1.54) is 5.56 Å². The molecule has 3 N–H and O–H groups in total. The molecule has 0 saturated carbocycles. The van der Waals surface area contributed by atoms with E-state index < -0.39 is 0 Å². The fourth-order valence-corrected chi connectivity index (χ4v) is 3.24. The summed E-state index contributed by atoms with van der Waals surface area (Å²) < 4.78 is 6.10. The van der Waals surface area contributed by atoms with Crippen LogP contribution in [0.2, 0.25) is 0 Å². The first-order valence-electron chi connectivity index (χ1n) is 7.50. The Labute approximate surface area is 125 Å². The molecule has 1 aromatic rings. The van der Waals surface area contributed by atoms with Crippen LogP contribution in [-0.2, 0) is 17.8 Å². The van der Waals surface area contributed by atoms with Gasteiger partial charge in [-0.05, 0) is 19.4 Å². The van der Waals surface area contributed by atoms with Crippen molar-refractivity contribution in [3.8, 4) is 5.75 Å². The van der Waals surface area contributed by atoms with Gasteiger partial charge in [0.1, 0.15) is 17.4 Å². The van der Waals surface area contributed by atoms with Gasteiger partial charge in [0.15, 0.2) is 0 Å². The number of nitrogens with two attached hydrogens (primary N) is 1. The topological polar surface area (TPSA) is 67.6 Å². The third-order valence-electron chi connectivity index (χ3n) is 4.23. The van der Waals surface area contributed by atoms with E-state index >= 15 is 0 Å². The number of nitrogens with zero attached hydrogens (tertiary/aromatic N) is 1. The van der Waals surface area contributed by atoms with E-state index in [1.54, 1.807) is 0 Å². The van der Waals surface area contributed by atoms with Crippen molar-refractivity contribution in [3.05, 3.63) is 29.3 Å². The average Bonchev–Trinajstić information content (AvgIpc) is 2.74. The highest BCUT2D eigenvalue weighted by atomic mass is 16.5. The second-order valence-corrected chi connectivity index (χ2v) is 6.54. The number of primary amides is 1. The van der Waals surface area contributed by atoms with E-state index in [4.69, 9.17) is 10.5 Å². The average molecular weight is 289 g/mol. The molecule has 0 radical (unpaired) electrons. The molecular weight excluding hydrogens is 266 g/mol. The summed E-state index contributed by atoms with van der Waals surface area (Å²) in [6.07, 6.45) is 0.928. The van der Waals surface area contributed by atoms with Gasteiger partial charge in [0.05, 0.1) is 0 Å². The number of ether oxygens (including phenoxy) is 1. The normalized spacial score (nSPS) is 24.4. The number of fused-ring (bicyclic) bond motifs is 1. The second-order valence-electron chi connectivity index (χ2n) is 6.54. The molecule has 0 aliphatic carbocycles. The standard InChI is InChI=1S/C16H23N3O2/c1-16(2)8-11-4-3-5-12(14(11)21-16)10-19-7-6-18-9-13(19)15(17)20/h3-5,13,18H,6-10H2,1-2H3,(H2,17,20). The van der Waals surface area contributed by atoms with Crippen molar-refractivity contribution in [2.75, 3.05) is 19.6 Å². The quantitative estimate of drug-likeness (QED) is 0.858. The Hall–Kier alpha value is -1.59. The Morgan fingerprint density at radius 2 is 2.33 bits per heavy atom. The Kier molecular flexibility index (Phi) is 3.63. The number of amides is 1. The van der Waals surface area contributed by atoms with Crippen LogP contribution >= 0.6 is 0 Å². The Morgan fingerprint density at radius 3 is 3.10 bits per heavy atom. The molecule has 1 saturated heterocycles. The van der Waals surface area contributed by atoms with Crippen molar-refractivity contribution in [1.29, 1.82) is 0 Å². The van der Waals surface area contributed by atoms with E-state index in [0.29, 0.717) is 13.1 Å². The summed E-state index contributed by atoms with van der Waals surface area (Å²) in [5.41, 5.74) is 7.77. The summed E-state index contributed by atoms with van der Waals surface area (Å²) in [5, 5.41) is 3.22. The lowest BCUT2D eigenvalue weighted by molar-refractivity contribution is -0.124. The molecule has 1 unspecified atom stereocenters. The lowest BCUT2D eigenvalue weighted by atomic mass is 10.00. The molecule has 3 rings (SSSR count). The summed E-state index contributed by atoms with van der Waals surface area (Å²) in [6, 6.07) is 6.03. The van der Waals surface area contributed by atoms with Gasteiger partial charge in [-0.15, -0.1) is 0 Å². The largest absolute Gasteiger partial charge is 0.487 e. The summed E-state index contributed by atoms with van der Waals surface area (Å²) in [6.45, 7) is 7.23. The number of carbonyl (C=O) groups excluding carboxylic acids is 1. The van der Waals surface area contributed by atoms with Crippen LogP contribution in [0.1, 0.15) is 25.0 Å². The first-order valence-corrected chi connectivity index (χ1v) is 7.50. The monoisotopic (exact) mass is 289 g/mol. The van der Waals surface area contributed by atoms with Crippen molar-refractivity contribution in [1.82, 2.24) is 10.2 Å². The number of nitrogens with one attached hydrogen (secondary N) is 1. The third kappa shape index (κ3) is 2.89. The van der Waals surface area contributed by atoms with Crippen LogP contribution in [0.15, 0.2) is 18.2 Å². The predicted molar refractivity (Wildman–Crippen MR) is 81.1 cm³/mol. The number of carbonyl (C=O) groups is 1. The van der Waals surface area contributed by atoms with Crippen LogP contribution in [-0.4, -0.2) is 42.1 Å². The minimum absolute atomic E-state index is 0.148. The number of hydrogen-bond donors (Lipinski definition) is 2. The smallest absolute Gasteiger partial charge is 0.236 e. The van der Waals surface area contributed by atoms with Crippen LogP contribution in [0.25, 0.3) is 0 Å². The molecule has 5 nitrogen and oxygen atoms in total. The zero-order valence-electron chi connectivity index (χ0n) is 12.7. The SMILES string of the molecule is CC1(C)Cc2cccc(CN3CCNCC3C(N)=O)c2O1. The fraction of sp³-hybridized carbons (Fsp3) is 0.562. The first-order chi connectivity index (χ1) is 9.96. The molecule has 2 aliphatic heterocycles. The third-order valence-corrected chi connectivity index (χ3v) is 4.23. The van der Waals surface area contributed by atoms with Crippen molar-refractivity contribution < 1.29 is 9.53 Å². The Bertz CT molecular complexity index is 556. The lowest BCUT2D eigenvalue weighted by Crippen LogP contribution is -2.56. The Balaban J connectivity index is 1.83. The van der Waals surface area contributed by atoms with Crippen molar-refractivity contribution in [2.24, 2.45) is 5.73 Å². The van der Waals surface area contributed by atoms with Crippen LogP contribution in [0.5, 0.6) is 5.75 Å². The van der Waals surface area contributed by atoms with Crippen LogP contribution in [0, 0.1) is 0 Å². The molecule has 1 amide bonds. The van der Waals surface area contributed by atoms with Gasteiger partial charge in [-0.1, -0.05) is 18.2 Å². The van der Waals surface area contributed by atoms with E-state index in [9.17, 15) is 4.79 Å². The number of benzene rings is 1. The number of rotatable bonds is 3. The van der Waals surface area contributed by atoms with Gasteiger partial charge in [0, 0.05) is 38.2 Å². The maximum Gasteiger partial charge on any atom is 0.236 e. The van der Waals surface area contributed by atoms with Crippen molar-refractivity contribution in [2.45, 2.75) is 38.5 Å². The van der Waals surface area contributed by atoms with Gasteiger partial charge >= 0.3 is 0 Å². The lowest BCUT2D eigenvalue weighted by Gasteiger charge is -2.34. The van der Waals surface area contributed by atoms with E-state index in [-0.39, 0.29) is 17.6 Å². The molecule has 0 aromatic heterocycles. The summed E-state index contributed by atoms with van der Waals surface area (Å²) in [7, 11) is 0. The zero-order valence-corrected chi connectivity index (χ0v) is 12.7. The molecule has 2 aliphatic rings. The highest BCUT2D eigenvalue weighted by Gasteiger charge is 2.33. The van der Waals surface area contributed by atoms with E-state index in [2.05, 4.69) is 42.3 Å². The minimum atomic E-state index is -0.268. The number of piperazine rings is 1. The number of para-hydroxylation sites is 1.